The molecule has 4 rings (SSSR count). The van der Waals surface area contributed by atoms with E-state index in [0.717, 1.165) is 5.69 Å². The van der Waals surface area contributed by atoms with Crippen molar-refractivity contribution in [2.24, 2.45) is 5.92 Å². The van der Waals surface area contributed by atoms with Gasteiger partial charge in [-0.1, -0.05) is 24.3 Å². The van der Waals surface area contributed by atoms with Crippen molar-refractivity contribution in [3.63, 3.8) is 0 Å². The lowest BCUT2D eigenvalue weighted by Crippen LogP contribution is -2.41. The molecule has 138 valence electrons. The van der Waals surface area contributed by atoms with Crippen LogP contribution in [0.25, 0.3) is 0 Å². The summed E-state index contributed by atoms with van der Waals surface area (Å²) in [6, 6.07) is 17.7. The van der Waals surface area contributed by atoms with E-state index in [-0.39, 0.29) is 35.7 Å². The Morgan fingerprint density at radius 1 is 1.11 bits per heavy atom. The van der Waals surface area contributed by atoms with E-state index in [1.165, 1.54) is 0 Å². The van der Waals surface area contributed by atoms with Crippen molar-refractivity contribution in [1.29, 1.82) is 0 Å². The second kappa shape index (κ2) is 7.63. The molecule has 1 aliphatic rings. The number of aromatic nitrogens is 1. The molecule has 0 radical (unpaired) electrons. The third-order valence-corrected chi connectivity index (χ3v) is 4.68. The average Bonchev–Trinajstić information content (AvgIpc) is 3.14. The van der Waals surface area contributed by atoms with Gasteiger partial charge in [0.05, 0.1) is 17.8 Å². The van der Waals surface area contributed by atoms with E-state index < -0.39 is 0 Å². The SMILES string of the molecule is O=C(NC(c1ccccn1)C1CC(O)C1)c1ccc(Oc2ccccc2)o1. The number of aliphatic hydroxyl groups is 1. The molecule has 1 atom stereocenters. The molecule has 0 saturated heterocycles. The van der Waals surface area contributed by atoms with E-state index >= 15 is 0 Å². The van der Waals surface area contributed by atoms with Crippen LogP contribution in [0.15, 0.2) is 71.3 Å². The van der Waals surface area contributed by atoms with Crippen LogP contribution in [-0.4, -0.2) is 22.1 Å². The topological polar surface area (TPSA) is 84.6 Å². The monoisotopic (exact) mass is 364 g/mol. The number of amides is 1. The molecule has 27 heavy (non-hydrogen) atoms. The molecule has 0 bridgehead atoms. The van der Waals surface area contributed by atoms with E-state index in [0.29, 0.717) is 18.6 Å². The number of pyridine rings is 1. The van der Waals surface area contributed by atoms with Crippen LogP contribution in [0.1, 0.15) is 35.1 Å². The molecule has 1 aliphatic carbocycles. The molecule has 2 aromatic heterocycles. The number of carbonyl (C=O) groups excluding carboxylic acids is 1. The van der Waals surface area contributed by atoms with Crippen molar-refractivity contribution in [1.82, 2.24) is 10.3 Å². The summed E-state index contributed by atoms with van der Waals surface area (Å²) in [7, 11) is 0. The Bertz CT molecular complexity index is 889. The fraction of sp³-hybridized carbons (Fsp3) is 0.238. The van der Waals surface area contributed by atoms with Gasteiger partial charge in [0.15, 0.2) is 5.76 Å². The smallest absolute Gasteiger partial charge is 0.290 e. The van der Waals surface area contributed by atoms with Gasteiger partial charge in [0.2, 0.25) is 0 Å². The fourth-order valence-corrected chi connectivity index (χ4v) is 3.21. The van der Waals surface area contributed by atoms with Gasteiger partial charge in [-0.15, -0.1) is 0 Å². The third kappa shape index (κ3) is 4.01. The third-order valence-electron chi connectivity index (χ3n) is 4.68. The molecule has 0 aliphatic heterocycles. The van der Waals surface area contributed by atoms with Gasteiger partial charge in [0.1, 0.15) is 5.75 Å². The lowest BCUT2D eigenvalue weighted by Gasteiger charge is -2.37. The Kier molecular flexibility index (Phi) is 4.89. The molecule has 6 nitrogen and oxygen atoms in total. The molecule has 2 heterocycles. The van der Waals surface area contributed by atoms with Gasteiger partial charge in [0, 0.05) is 12.3 Å². The van der Waals surface area contributed by atoms with Gasteiger partial charge in [-0.25, -0.2) is 0 Å². The molecule has 1 unspecified atom stereocenters. The second-order valence-corrected chi connectivity index (χ2v) is 6.62. The molecule has 2 N–H and O–H groups in total. The van der Waals surface area contributed by atoms with Gasteiger partial charge in [-0.2, -0.15) is 0 Å². The van der Waals surface area contributed by atoms with E-state index in [9.17, 15) is 9.90 Å². The Morgan fingerprint density at radius 3 is 2.59 bits per heavy atom. The van der Waals surface area contributed by atoms with Crippen LogP contribution in [0.4, 0.5) is 0 Å². The molecule has 1 saturated carbocycles. The van der Waals surface area contributed by atoms with Crippen LogP contribution in [0.5, 0.6) is 11.7 Å². The molecule has 1 aromatic carbocycles. The number of rotatable bonds is 6. The lowest BCUT2D eigenvalue weighted by molar-refractivity contribution is 0.0225. The summed E-state index contributed by atoms with van der Waals surface area (Å²) in [5, 5.41) is 12.6. The van der Waals surface area contributed by atoms with Crippen molar-refractivity contribution in [2.45, 2.75) is 25.0 Å². The number of ether oxygens (including phenoxy) is 1. The number of nitrogens with zero attached hydrogens (tertiary/aromatic N) is 1. The Labute approximate surface area is 156 Å². The number of carbonyl (C=O) groups is 1. The number of nitrogens with one attached hydrogen (secondary N) is 1. The van der Waals surface area contributed by atoms with Crippen LogP contribution >= 0.6 is 0 Å². The first kappa shape index (κ1) is 17.3. The minimum absolute atomic E-state index is 0.147. The lowest BCUT2D eigenvalue weighted by atomic mass is 9.76. The zero-order valence-electron chi connectivity index (χ0n) is 14.6. The van der Waals surface area contributed by atoms with E-state index in [4.69, 9.17) is 9.15 Å². The average molecular weight is 364 g/mol. The predicted octanol–water partition coefficient (Wildman–Crippen LogP) is 3.71. The first-order valence-electron chi connectivity index (χ1n) is 8.91. The first-order chi connectivity index (χ1) is 13.2. The summed E-state index contributed by atoms with van der Waals surface area (Å²) in [6.07, 6.45) is 2.67. The quantitative estimate of drug-likeness (QED) is 0.696. The zero-order valence-corrected chi connectivity index (χ0v) is 14.6. The van der Waals surface area contributed by atoms with Crippen molar-refractivity contribution >= 4 is 5.91 Å². The summed E-state index contributed by atoms with van der Waals surface area (Å²) >= 11 is 0. The van der Waals surface area contributed by atoms with Gasteiger partial charge in [0.25, 0.3) is 11.9 Å². The molecular formula is C21H20N2O4. The summed E-state index contributed by atoms with van der Waals surface area (Å²) in [5.74, 6) is 0.860. The fourth-order valence-electron chi connectivity index (χ4n) is 3.21. The predicted molar refractivity (Wildman–Crippen MR) is 98.4 cm³/mol. The minimum atomic E-state index is -0.338. The highest BCUT2D eigenvalue weighted by Gasteiger charge is 2.36. The highest BCUT2D eigenvalue weighted by Crippen LogP contribution is 2.37. The van der Waals surface area contributed by atoms with Crippen molar-refractivity contribution in [3.8, 4) is 11.7 Å². The van der Waals surface area contributed by atoms with E-state index in [1.54, 1.807) is 30.5 Å². The van der Waals surface area contributed by atoms with Gasteiger partial charge < -0.3 is 19.6 Å². The summed E-state index contributed by atoms with van der Waals surface area (Å²) in [5.41, 5.74) is 0.773. The van der Waals surface area contributed by atoms with Gasteiger partial charge in [-0.3, -0.25) is 9.78 Å². The van der Waals surface area contributed by atoms with Crippen LogP contribution < -0.4 is 10.1 Å². The van der Waals surface area contributed by atoms with Crippen LogP contribution in [0.3, 0.4) is 0 Å². The Morgan fingerprint density at radius 2 is 1.89 bits per heavy atom. The maximum Gasteiger partial charge on any atom is 0.290 e. The highest BCUT2D eigenvalue weighted by atomic mass is 16.6. The maximum absolute atomic E-state index is 12.7. The van der Waals surface area contributed by atoms with Gasteiger partial charge >= 0.3 is 0 Å². The molecule has 0 spiro atoms. The number of furan rings is 1. The second-order valence-electron chi connectivity index (χ2n) is 6.62. The molecule has 3 aromatic rings. The molecule has 6 heteroatoms. The largest absolute Gasteiger partial charge is 0.426 e. The standard InChI is InChI=1S/C21H20N2O4/c24-15-12-14(13-15)20(17-8-4-5-11-22-17)23-21(25)18-9-10-19(27-18)26-16-6-2-1-3-7-16/h1-11,14-15,20,24H,12-13H2,(H,23,25). The van der Waals surface area contributed by atoms with E-state index in [1.807, 2.05) is 36.4 Å². The van der Waals surface area contributed by atoms with Crippen molar-refractivity contribution < 1.29 is 19.1 Å². The maximum atomic E-state index is 12.7. The molecular weight excluding hydrogens is 344 g/mol. The highest BCUT2D eigenvalue weighted by molar-refractivity contribution is 5.91. The van der Waals surface area contributed by atoms with Crippen LogP contribution in [-0.2, 0) is 0 Å². The summed E-state index contributed by atoms with van der Waals surface area (Å²) in [6.45, 7) is 0. The number of hydrogen-bond donors (Lipinski definition) is 2. The Hall–Kier alpha value is -3.12. The van der Waals surface area contributed by atoms with Gasteiger partial charge in [-0.05, 0) is 49.1 Å². The number of para-hydroxylation sites is 1. The summed E-state index contributed by atoms with van der Waals surface area (Å²) < 4.78 is 11.1. The first-order valence-corrected chi connectivity index (χ1v) is 8.91. The van der Waals surface area contributed by atoms with Crippen molar-refractivity contribution in [2.75, 3.05) is 0 Å². The van der Waals surface area contributed by atoms with Crippen LogP contribution in [0.2, 0.25) is 0 Å². The summed E-state index contributed by atoms with van der Waals surface area (Å²) in [4.78, 5) is 17.0. The molecule has 1 fully saturated rings. The zero-order chi connectivity index (χ0) is 18.6. The number of benzene rings is 1. The van der Waals surface area contributed by atoms with Crippen molar-refractivity contribution in [3.05, 3.63) is 78.3 Å². The minimum Gasteiger partial charge on any atom is -0.426 e. The normalized spacial score (nSPS) is 19.7. The number of hydrogen-bond acceptors (Lipinski definition) is 5. The Balaban J connectivity index is 1.47. The van der Waals surface area contributed by atoms with Crippen LogP contribution in [0, 0.1) is 5.92 Å². The number of aliphatic hydroxyl groups excluding tert-OH is 1. The van der Waals surface area contributed by atoms with E-state index in [2.05, 4.69) is 10.3 Å². The molecule has 1 amide bonds.